The van der Waals surface area contributed by atoms with Gasteiger partial charge in [-0.3, -0.25) is 4.79 Å². The van der Waals surface area contributed by atoms with Crippen LogP contribution in [-0.2, 0) is 18.4 Å². The van der Waals surface area contributed by atoms with Gasteiger partial charge < -0.3 is 15.2 Å². The first-order valence-electron chi connectivity index (χ1n) is 5.80. The zero-order valence-electron chi connectivity index (χ0n) is 12.0. The molecule has 19 heavy (non-hydrogen) atoms. The molecule has 0 aromatic carbocycles. The van der Waals surface area contributed by atoms with Crippen LogP contribution >= 0.6 is 24.2 Å². The van der Waals surface area contributed by atoms with E-state index < -0.39 is 0 Å². The van der Waals surface area contributed by atoms with E-state index in [4.69, 9.17) is 0 Å². The van der Waals surface area contributed by atoms with Gasteiger partial charge in [0.25, 0.3) is 0 Å². The van der Waals surface area contributed by atoms with Gasteiger partial charge >= 0.3 is 0 Å². The van der Waals surface area contributed by atoms with E-state index in [1.807, 2.05) is 39.4 Å². The molecule has 8 heteroatoms. The summed E-state index contributed by atoms with van der Waals surface area (Å²) in [6.07, 6.45) is 0. The van der Waals surface area contributed by atoms with Gasteiger partial charge in [-0.15, -0.1) is 22.6 Å². The Kier molecular flexibility index (Phi) is 7.39. The molecule has 1 heterocycles. The van der Waals surface area contributed by atoms with Crippen LogP contribution in [0.2, 0.25) is 0 Å². The summed E-state index contributed by atoms with van der Waals surface area (Å²) in [7, 11) is 3.76. The van der Waals surface area contributed by atoms with Crippen LogP contribution in [0, 0.1) is 0 Å². The first-order chi connectivity index (χ1) is 8.33. The molecule has 0 bridgehead atoms. The maximum absolute atomic E-state index is 11.7. The third-order valence-electron chi connectivity index (χ3n) is 2.11. The van der Waals surface area contributed by atoms with Gasteiger partial charge in [0.15, 0.2) is 5.16 Å². The number of nitrogens with zero attached hydrogens (tertiary/aromatic N) is 3. The lowest BCUT2D eigenvalue weighted by atomic mass is 10.1. The summed E-state index contributed by atoms with van der Waals surface area (Å²) in [6, 6.07) is 0. The maximum atomic E-state index is 11.7. The summed E-state index contributed by atoms with van der Waals surface area (Å²) in [5, 5.41) is 14.8. The number of hydrogen-bond donors (Lipinski definition) is 2. The lowest BCUT2D eigenvalue weighted by Gasteiger charge is -2.20. The second kappa shape index (κ2) is 7.72. The van der Waals surface area contributed by atoms with E-state index in [9.17, 15) is 4.79 Å². The maximum Gasteiger partial charge on any atom is 0.230 e. The Bertz CT molecular complexity index is 416. The SMILES string of the molecule is CNCc1nnc(SCC(=O)NC(C)(C)C)n1C.Cl. The summed E-state index contributed by atoms with van der Waals surface area (Å²) < 4.78 is 1.89. The Morgan fingerprint density at radius 2 is 2.00 bits per heavy atom. The molecule has 0 aliphatic heterocycles. The molecule has 1 aromatic rings. The largest absolute Gasteiger partial charge is 0.351 e. The van der Waals surface area contributed by atoms with E-state index >= 15 is 0 Å². The number of carbonyl (C=O) groups excluding carboxylic acids is 1. The van der Waals surface area contributed by atoms with E-state index in [1.54, 1.807) is 0 Å². The minimum absolute atomic E-state index is 0. The molecule has 2 N–H and O–H groups in total. The second-order valence-corrected chi connectivity index (χ2v) is 6.02. The summed E-state index contributed by atoms with van der Waals surface area (Å²) in [6.45, 7) is 6.55. The molecule has 0 atom stereocenters. The fourth-order valence-electron chi connectivity index (χ4n) is 1.37. The average molecular weight is 308 g/mol. The van der Waals surface area contributed by atoms with Gasteiger partial charge in [-0.05, 0) is 27.8 Å². The van der Waals surface area contributed by atoms with Crippen LogP contribution in [0.4, 0.5) is 0 Å². The zero-order chi connectivity index (χ0) is 13.8. The van der Waals surface area contributed by atoms with E-state index in [1.165, 1.54) is 11.8 Å². The van der Waals surface area contributed by atoms with Crippen molar-refractivity contribution in [2.24, 2.45) is 7.05 Å². The molecule has 0 aliphatic carbocycles. The van der Waals surface area contributed by atoms with Gasteiger partial charge in [0.05, 0.1) is 12.3 Å². The summed E-state index contributed by atoms with van der Waals surface area (Å²) >= 11 is 1.39. The Labute approximate surface area is 124 Å². The van der Waals surface area contributed by atoms with Crippen molar-refractivity contribution >= 4 is 30.1 Å². The van der Waals surface area contributed by atoms with E-state index in [-0.39, 0.29) is 23.9 Å². The second-order valence-electron chi connectivity index (χ2n) is 5.08. The van der Waals surface area contributed by atoms with Crippen molar-refractivity contribution in [3.8, 4) is 0 Å². The van der Waals surface area contributed by atoms with Gasteiger partial charge in [0, 0.05) is 12.6 Å². The minimum atomic E-state index is -0.200. The average Bonchev–Trinajstić information content (AvgIpc) is 2.56. The smallest absolute Gasteiger partial charge is 0.230 e. The minimum Gasteiger partial charge on any atom is -0.351 e. The van der Waals surface area contributed by atoms with Gasteiger partial charge in [-0.25, -0.2) is 0 Å². The predicted molar refractivity (Wildman–Crippen MR) is 79.6 cm³/mol. The van der Waals surface area contributed by atoms with Crippen molar-refractivity contribution in [3.63, 3.8) is 0 Å². The molecule has 1 rings (SSSR count). The van der Waals surface area contributed by atoms with E-state index in [0.717, 1.165) is 11.0 Å². The van der Waals surface area contributed by atoms with Crippen molar-refractivity contribution in [2.75, 3.05) is 12.8 Å². The molecule has 6 nitrogen and oxygen atoms in total. The highest BCUT2D eigenvalue weighted by molar-refractivity contribution is 7.99. The Hall–Kier alpha value is -0.790. The number of nitrogens with one attached hydrogen (secondary N) is 2. The monoisotopic (exact) mass is 307 g/mol. The summed E-state index contributed by atoms with van der Waals surface area (Å²) in [5.74, 6) is 1.21. The summed E-state index contributed by atoms with van der Waals surface area (Å²) in [5.41, 5.74) is -0.200. The first kappa shape index (κ1) is 18.2. The van der Waals surface area contributed by atoms with Gasteiger partial charge in [0.1, 0.15) is 5.82 Å². The lowest BCUT2D eigenvalue weighted by molar-refractivity contribution is -0.119. The van der Waals surface area contributed by atoms with Crippen LogP contribution in [0.25, 0.3) is 0 Å². The van der Waals surface area contributed by atoms with Crippen LogP contribution in [0.5, 0.6) is 0 Å². The molecule has 1 amide bonds. The normalized spacial score (nSPS) is 11.0. The molecule has 0 aliphatic rings. The van der Waals surface area contributed by atoms with Gasteiger partial charge in [-0.2, -0.15) is 0 Å². The Morgan fingerprint density at radius 1 is 1.37 bits per heavy atom. The molecule has 1 aromatic heterocycles. The molecule has 0 saturated carbocycles. The van der Waals surface area contributed by atoms with Gasteiger partial charge in [0.2, 0.25) is 5.91 Å². The molecule has 0 fully saturated rings. The number of rotatable bonds is 5. The molecule has 0 radical (unpaired) electrons. The fraction of sp³-hybridized carbons (Fsp3) is 0.727. The van der Waals surface area contributed by atoms with Crippen molar-refractivity contribution in [1.29, 1.82) is 0 Å². The standard InChI is InChI=1S/C11H21N5OS.ClH/c1-11(2,3)13-9(17)7-18-10-15-14-8(6-12-4)16(10)5;/h12H,6-7H2,1-5H3,(H,13,17);1H. The molecular formula is C11H22ClN5OS. The number of halogens is 1. The predicted octanol–water partition coefficient (Wildman–Crippen LogP) is 0.963. The van der Waals surface area contributed by atoms with Gasteiger partial charge in [-0.1, -0.05) is 11.8 Å². The number of amides is 1. The number of hydrogen-bond acceptors (Lipinski definition) is 5. The zero-order valence-corrected chi connectivity index (χ0v) is 13.6. The topological polar surface area (TPSA) is 71.8 Å². The number of thioether (sulfide) groups is 1. The lowest BCUT2D eigenvalue weighted by Crippen LogP contribution is -2.41. The third-order valence-corrected chi connectivity index (χ3v) is 3.13. The highest BCUT2D eigenvalue weighted by atomic mass is 35.5. The van der Waals surface area contributed by atoms with Crippen molar-refractivity contribution < 1.29 is 4.79 Å². The van der Waals surface area contributed by atoms with E-state index in [0.29, 0.717) is 12.3 Å². The number of aromatic nitrogens is 3. The van der Waals surface area contributed by atoms with Crippen LogP contribution in [0.15, 0.2) is 5.16 Å². The van der Waals surface area contributed by atoms with Crippen molar-refractivity contribution in [1.82, 2.24) is 25.4 Å². The Morgan fingerprint density at radius 3 is 2.53 bits per heavy atom. The number of carbonyl (C=O) groups is 1. The first-order valence-corrected chi connectivity index (χ1v) is 6.78. The Balaban J connectivity index is 0.00000324. The molecule has 0 unspecified atom stereocenters. The fourth-order valence-corrected chi connectivity index (χ4v) is 2.10. The molecular weight excluding hydrogens is 286 g/mol. The molecule has 0 spiro atoms. The van der Waals surface area contributed by atoms with E-state index in [2.05, 4.69) is 20.8 Å². The highest BCUT2D eigenvalue weighted by Crippen LogP contribution is 2.15. The quantitative estimate of drug-likeness (QED) is 0.793. The van der Waals surface area contributed by atoms with Crippen molar-refractivity contribution in [2.45, 2.75) is 38.0 Å². The third kappa shape index (κ3) is 6.26. The molecule has 0 saturated heterocycles. The summed E-state index contributed by atoms with van der Waals surface area (Å²) in [4.78, 5) is 11.7. The van der Waals surface area contributed by atoms with Crippen LogP contribution in [0.1, 0.15) is 26.6 Å². The van der Waals surface area contributed by atoms with Crippen LogP contribution in [-0.4, -0.2) is 39.0 Å². The highest BCUT2D eigenvalue weighted by Gasteiger charge is 2.15. The van der Waals surface area contributed by atoms with Crippen LogP contribution < -0.4 is 10.6 Å². The molecule has 110 valence electrons. The van der Waals surface area contributed by atoms with Crippen LogP contribution in [0.3, 0.4) is 0 Å². The van der Waals surface area contributed by atoms with Crippen molar-refractivity contribution in [3.05, 3.63) is 5.82 Å².